The number of carbonyl (C=O) groups is 2. The quantitative estimate of drug-likeness (QED) is 0.419. The van der Waals surface area contributed by atoms with Crippen LogP contribution in [0, 0.1) is 0 Å². The first kappa shape index (κ1) is 24.0. The Labute approximate surface area is 205 Å². The van der Waals surface area contributed by atoms with E-state index in [4.69, 9.17) is 4.74 Å². The van der Waals surface area contributed by atoms with Gasteiger partial charge < -0.3 is 15.0 Å². The van der Waals surface area contributed by atoms with E-state index in [1.165, 1.54) is 0 Å². The number of nitrogens with zero attached hydrogens (tertiary/aromatic N) is 1. The van der Waals surface area contributed by atoms with Crippen molar-refractivity contribution in [1.29, 1.82) is 0 Å². The van der Waals surface area contributed by atoms with Crippen molar-refractivity contribution in [2.45, 2.75) is 57.7 Å². The second-order valence-electron chi connectivity index (χ2n) is 8.63. The number of amides is 2. The van der Waals surface area contributed by atoms with Crippen LogP contribution >= 0.6 is 11.3 Å². The summed E-state index contributed by atoms with van der Waals surface area (Å²) < 4.78 is 5.91. The van der Waals surface area contributed by atoms with Gasteiger partial charge in [0.05, 0.1) is 13.0 Å². The summed E-state index contributed by atoms with van der Waals surface area (Å²) in [5.41, 5.74) is 1.70. The third-order valence-corrected chi connectivity index (χ3v) is 7.07. The van der Waals surface area contributed by atoms with E-state index in [2.05, 4.69) is 5.32 Å². The van der Waals surface area contributed by atoms with E-state index in [0.717, 1.165) is 41.7 Å². The van der Waals surface area contributed by atoms with Gasteiger partial charge in [0.25, 0.3) is 0 Å². The van der Waals surface area contributed by atoms with E-state index in [1.807, 2.05) is 79.0 Å². The van der Waals surface area contributed by atoms with Gasteiger partial charge in [-0.15, -0.1) is 11.3 Å². The average Bonchev–Trinajstić information content (AvgIpc) is 3.55. The number of rotatable bonds is 10. The Bertz CT molecular complexity index is 1060. The zero-order chi connectivity index (χ0) is 23.8. The fourth-order valence-corrected chi connectivity index (χ4v) is 5.26. The SMILES string of the molecule is CCOc1ccccc1[C@H](C(=O)NC1CCCC1)N(Cc1ccccc1)C(=O)Cc1cccs1. The van der Waals surface area contributed by atoms with Crippen molar-refractivity contribution in [3.05, 3.63) is 88.1 Å². The first-order valence-electron chi connectivity index (χ1n) is 12.0. The predicted molar refractivity (Wildman–Crippen MR) is 136 cm³/mol. The third-order valence-electron chi connectivity index (χ3n) is 6.20. The second kappa shape index (κ2) is 11.8. The maximum Gasteiger partial charge on any atom is 0.247 e. The number of thiophene rings is 1. The molecule has 1 fully saturated rings. The predicted octanol–water partition coefficient (Wildman–Crippen LogP) is 5.52. The number of nitrogens with one attached hydrogen (secondary N) is 1. The summed E-state index contributed by atoms with van der Waals surface area (Å²) >= 11 is 1.56. The lowest BCUT2D eigenvalue weighted by Crippen LogP contribution is -2.46. The molecule has 2 aromatic carbocycles. The zero-order valence-corrected chi connectivity index (χ0v) is 20.4. The fraction of sp³-hybridized carbons (Fsp3) is 0.357. The Morgan fingerprint density at radius 2 is 1.76 bits per heavy atom. The summed E-state index contributed by atoms with van der Waals surface area (Å²) in [5, 5.41) is 5.21. The summed E-state index contributed by atoms with van der Waals surface area (Å²) in [6.45, 7) is 2.75. The Morgan fingerprint density at radius 1 is 1.03 bits per heavy atom. The van der Waals surface area contributed by atoms with E-state index in [1.54, 1.807) is 16.2 Å². The molecule has 0 saturated heterocycles. The summed E-state index contributed by atoms with van der Waals surface area (Å²) in [5.74, 6) is 0.414. The number of ether oxygens (including phenoxy) is 1. The molecule has 0 bridgehead atoms. The van der Waals surface area contributed by atoms with Crippen molar-refractivity contribution in [1.82, 2.24) is 10.2 Å². The fourth-order valence-electron chi connectivity index (χ4n) is 4.56. The molecular weight excluding hydrogens is 444 g/mol. The standard InChI is InChI=1S/C28H32N2O3S/c1-2-33-25-17-9-8-16-24(25)27(28(32)29-22-13-6-7-14-22)30(20-21-11-4-3-5-12-21)26(31)19-23-15-10-18-34-23/h3-5,8-12,15-18,22,27H,2,6-7,13-14,19-20H2,1H3,(H,29,32)/t27-/m1/s1. The second-order valence-corrected chi connectivity index (χ2v) is 9.66. The van der Waals surface area contributed by atoms with Crippen LogP contribution in [0.25, 0.3) is 0 Å². The van der Waals surface area contributed by atoms with Crippen molar-refractivity contribution in [3.8, 4) is 5.75 Å². The van der Waals surface area contributed by atoms with Gasteiger partial charge in [-0.3, -0.25) is 9.59 Å². The highest BCUT2D eigenvalue weighted by atomic mass is 32.1. The Balaban J connectivity index is 1.73. The first-order chi connectivity index (χ1) is 16.7. The highest BCUT2D eigenvalue weighted by molar-refractivity contribution is 7.10. The first-order valence-corrected chi connectivity index (χ1v) is 12.9. The summed E-state index contributed by atoms with van der Waals surface area (Å²) in [7, 11) is 0. The minimum absolute atomic E-state index is 0.0795. The highest BCUT2D eigenvalue weighted by Gasteiger charge is 2.35. The smallest absolute Gasteiger partial charge is 0.247 e. The monoisotopic (exact) mass is 476 g/mol. The summed E-state index contributed by atoms with van der Waals surface area (Å²) in [6, 6.07) is 20.7. The summed E-state index contributed by atoms with van der Waals surface area (Å²) in [4.78, 5) is 30.3. The number of para-hydroxylation sites is 1. The molecule has 1 heterocycles. The van der Waals surface area contributed by atoms with Gasteiger partial charge in [0.1, 0.15) is 11.8 Å². The Kier molecular flexibility index (Phi) is 8.36. The molecule has 0 radical (unpaired) electrons. The number of hydrogen-bond acceptors (Lipinski definition) is 4. The molecule has 3 aromatic rings. The van der Waals surface area contributed by atoms with Crippen LogP contribution in [-0.4, -0.2) is 29.4 Å². The van der Waals surface area contributed by atoms with E-state index < -0.39 is 6.04 Å². The van der Waals surface area contributed by atoms with Crippen molar-refractivity contribution in [2.24, 2.45) is 0 Å². The van der Waals surface area contributed by atoms with Crippen LogP contribution < -0.4 is 10.1 Å². The van der Waals surface area contributed by atoms with Crippen LogP contribution in [0.4, 0.5) is 0 Å². The summed E-state index contributed by atoms with van der Waals surface area (Å²) in [6.07, 6.45) is 4.46. The van der Waals surface area contributed by atoms with Gasteiger partial charge in [0.15, 0.2) is 0 Å². The molecule has 0 spiro atoms. The lowest BCUT2D eigenvalue weighted by Gasteiger charge is -2.33. The number of hydrogen-bond donors (Lipinski definition) is 1. The molecular formula is C28H32N2O3S. The molecule has 34 heavy (non-hydrogen) atoms. The maximum atomic E-state index is 13.8. The molecule has 6 heteroatoms. The molecule has 5 nitrogen and oxygen atoms in total. The topological polar surface area (TPSA) is 58.6 Å². The lowest BCUT2D eigenvalue weighted by atomic mass is 10.0. The molecule has 1 atom stereocenters. The van der Waals surface area contributed by atoms with Crippen molar-refractivity contribution >= 4 is 23.2 Å². The van der Waals surface area contributed by atoms with Gasteiger partial charge in [0.2, 0.25) is 11.8 Å². The molecule has 1 aliphatic rings. The minimum atomic E-state index is -0.781. The molecule has 0 unspecified atom stereocenters. The zero-order valence-electron chi connectivity index (χ0n) is 19.6. The Hall–Kier alpha value is -3.12. The van der Waals surface area contributed by atoms with Gasteiger partial charge in [0, 0.05) is 23.0 Å². The third kappa shape index (κ3) is 6.06. The molecule has 178 valence electrons. The maximum absolute atomic E-state index is 13.8. The van der Waals surface area contributed by atoms with Crippen molar-refractivity contribution in [2.75, 3.05) is 6.61 Å². The molecule has 4 rings (SSSR count). The van der Waals surface area contributed by atoms with E-state index in [9.17, 15) is 9.59 Å². The molecule has 1 aromatic heterocycles. The van der Waals surface area contributed by atoms with E-state index in [0.29, 0.717) is 18.9 Å². The van der Waals surface area contributed by atoms with Gasteiger partial charge in [-0.1, -0.05) is 67.4 Å². The lowest BCUT2D eigenvalue weighted by molar-refractivity contribution is -0.141. The van der Waals surface area contributed by atoms with Gasteiger partial charge in [-0.2, -0.15) is 0 Å². The molecule has 2 amide bonds. The molecule has 1 aliphatic carbocycles. The minimum Gasteiger partial charge on any atom is -0.494 e. The van der Waals surface area contributed by atoms with Crippen molar-refractivity contribution < 1.29 is 14.3 Å². The highest BCUT2D eigenvalue weighted by Crippen LogP contribution is 2.33. The van der Waals surface area contributed by atoms with E-state index >= 15 is 0 Å². The molecule has 1 saturated carbocycles. The van der Waals surface area contributed by atoms with Gasteiger partial charge >= 0.3 is 0 Å². The van der Waals surface area contributed by atoms with Crippen LogP contribution in [0.3, 0.4) is 0 Å². The Morgan fingerprint density at radius 3 is 2.47 bits per heavy atom. The number of carbonyl (C=O) groups excluding carboxylic acids is 2. The molecule has 0 aliphatic heterocycles. The molecule has 1 N–H and O–H groups in total. The van der Waals surface area contributed by atoms with Crippen molar-refractivity contribution in [3.63, 3.8) is 0 Å². The van der Waals surface area contributed by atoms with Crippen LogP contribution in [0.15, 0.2) is 72.1 Å². The largest absolute Gasteiger partial charge is 0.494 e. The number of benzene rings is 2. The van der Waals surface area contributed by atoms with Crippen LogP contribution in [0.5, 0.6) is 5.75 Å². The van der Waals surface area contributed by atoms with Gasteiger partial charge in [-0.05, 0) is 42.8 Å². The van der Waals surface area contributed by atoms with Crippen LogP contribution in [0.1, 0.15) is 54.7 Å². The van der Waals surface area contributed by atoms with Gasteiger partial charge in [-0.25, -0.2) is 0 Å². The van der Waals surface area contributed by atoms with Crippen LogP contribution in [0.2, 0.25) is 0 Å². The van der Waals surface area contributed by atoms with E-state index in [-0.39, 0.29) is 24.3 Å². The average molecular weight is 477 g/mol. The van der Waals surface area contributed by atoms with Crippen LogP contribution in [-0.2, 0) is 22.6 Å². The normalized spacial score (nSPS) is 14.5.